The van der Waals surface area contributed by atoms with E-state index in [1.807, 2.05) is 60.4 Å². The van der Waals surface area contributed by atoms with Gasteiger partial charge < -0.3 is 19.9 Å². The molecule has 6 nitrogen and oxygen atoms in total. The van der Waals surface area contributed by atoms with Crippen LogP contribution >= 0.6 is 0 Å². The molecular weight excluding hydrogens is 354 g/mol. The summed E-state index contributed by atoms with van der Waals surface area (Å²) in [6.07, 6.45) is 1.40. The molecule has 0 bridgehead atoms. The third-order valence-electron chi connectivity index (χ3n) is 5.34. The molecule has 1 unspecified atom stereocenters. The molecule has 0 aliphatic carbocycles. The molecule has 28 heavy (non-hydrogen) atoms. The summed E-state index contributed by atoms with van der Waals surface area (Å²) < 4.78 is 5.84. The van der Waals surface area contributed by atoms with Crippen LogP contribution in [0.2, 0.25) is 0 Å². The first kappa shape index (κ1) is 18.5. The second-order valence-electron chi connectivity index (χ2n) is 7.30. The predicted octanol–water partition coefficient (Wildman–Crippen LogP) is 3.73. The molecule has 0 radical (unpaired) electrons. The second-order valence-corrected chi connectivity index (χ2v) is 7.30. The monoisotopic (exact) mass is 379 g/mol. The van der Waals surface area contributed by atoms with Gasteiger partial charge in [-0.3, -0.25) is 4.79 Å². The van der Waals surface area contributed by atoms with Crippen molar-refractivity contribution >= 4 is 23.3 Å². The van der Waals surface area contributed by atoms with Crippen LogP contribution in [0.1, 0.15) is 30.1 Å². The van der Waals surface area contributed by atoms with Gasteiger partial charge in [0.05, 0.1) is 13.2 Å². The number of hydrogen-bond donors (Lipinski definition) is 1. The zero-order valence-electron chi connectivity index (χ0n) is 16.1. The summed E-state index contributed by atoms with van der Waals surface area (Å²) >= 11 is 0. The van der Waals surface area contributed by atoms with Gasteiger partial charge in [-0.05, 0) is 42.7 Å². The van der Waals surface area contributed by atoms with Gasteiger partial charge in [0.25, 0.3) is 0 Å². The largest absolute Gasteiger partial charge is 0.370 e. The van der Waals surface area contributed by atoms with Crippen molar-refractivity contribution in [1.29, 1.82) is 0 Å². The number of amides is 3. The molecule has 2 saturated heterocycles. The Labute approximate surface area is 165 Å². The van der Waals surface area contributed by atoms with Gasteiger partial charge in [0.15, 0.2) is 0 Å². The quantitative estimate of drug-likeness (QED) is 0.884. The predicted molar refractivity (Wildman–Crippen MR) is 108 cm³/mol. The maximum absolute atomic E-state index is 12.7. The van der Waals surface area contributed by atoms with Crippen molar-refractivity contribution in [1.82, 2.24) is 4.90 Å². The minimum atomic E-state index is -0.131. The van der Waals surface area contributed by atoms with Gasteiger partial charge in [0.1, 0.15) is 6.10 Å². The molecule has 1 atom stereocenters. The van der Waals surface area contributed by atoms with Crippen molar-refractivity contribution in [3.8, 4) is 0 Å². The molecule has 146 valence electrons. The molecule has 2 aromatic carbocycles. The van der Waals surface area contributed by atoms with Crippen LogP contribution in [0, 0.1) is 6.92 Å². The fourth-order valence-electron chi connectivity index (χ4n) is 3.84. The van der Waals surface area contributed by atoms with E-state index in [4.69, 9.17) is 4.74 Å². The number of nitrogens with one attached hydrogen (secondary N) is 1. The highest BCUT2D eigenvalue weighted by Gasteiger charge is 2.26. The summed E-state index contributed by atoms with van der Waals surface area (Å²) in [7, 11) is 0. The molecule has 3 amide bonds. The van der Waals surface area contributed by atoms with Crippen LogP contribution in [0.15, 0.2) is 48.5 Å². The standard InChI is InChI=1S/C22H25N3O3/c1-16-14-18(9-10-19(16)25-11-5-8-21(25)26)23-22(27)24-12-13-28-20(15-24)17-6-3-2-4-7-17/h2-4,6-7,9-10,14,20H,5,8,11-13,15H2,1H3,(H,23,27). The first-order valence-electron chi connectivity index (χ1n) is 9.75. The number of morpholine rings is 1. The first-order valence-corrected chi connectivity index (χ1v) is 9.75. The average molecular weight is 379 g/mol. The number of hydrogen-bond acceptors (Lipinski definition) is 3. The van der Waals surface area contributed by atoms with E-state index in [2.05, 4.69) is 5.32 Å². The van der Waals surface area contributed by atoms with E-state index in [9.17, 15) is 9.59 Å². The lowest BCUT2D eigenvalue weighted by Crippen LogP contribution is -2.44. The SMILES string of the molecule is Cc1cc(NC(=O)N2CCOC(c3ccccc3)C2)ccc1N1CCCC1=O. The van der Waals surface area contributed by atoms with Gasteiger partial charge in [0, 0.05) is 30.9 Å². The Morgan fingerprint density at radius 1 is 1.14 bits per heavy atom. The van der Waals surface area contributed by atoms with Gasteiger partial charge in [-0.2, -0.15) is 0 Å². The third-order valence-corrected chi connectivity index (χ3v) is 5.34. The van der Waals surface area contributed by atoms with Crippen molar-refractivity contribution < 1.29 is 14.3 Å². The smallest absolute Gasteiger partial charge is 0.322 e. The lowest BCUT2D eigenvalue weighted by molar-refractivity contribution is -0.117. The number of urea groups is 1. The Morgan fingerprint density at radius 2 is 1.96 bits per heavy atom. The summed E-state index contributed by atoms with van der Waals surface area (Å²) in [6, 6.07) is 15.5. The fourth-order valence-corrected chi connectivity index (χ4v) is 3.84. The van der Waals surface area contributed by atoms with Gasteiger partial charge >= 0.3 is 6.03 Å². The molecule has 2 aliphatic rings. The van der Waals surface area contributed by atoms with Crippen molar-refractivity contribution in [2.75, 3.05) is 36.5 Å². The number of anilines is 2. The summed E-state index contributed by atoms with van der Waals surface area (Å²) in [4.78, 5) is 28.3. The zero-order chi connectivity index (χ0) is 19.5. The van der Waals surface area contributed by atoms with Crippen molar-refractivity contribution in [3.05, 3.63) is 59.7 Å². The number of aryl methyl sites for hydroxylation is 1. The summed E-state index contributed by atoms with van der Waals surface area (Å²) in [5.41, 5.74) is 3.73. The van der Waals surface area contributed by atoms with Crippen LogP contribution in [-0.2, 0) is 9.53 Å². The van der Waals surface area contributed by atoms with Gasteiger partial charge in [-0.1, -0.05) is 30.3 Å². The van der Waals surface area contributed by atoms with E-state index >= 15 is 0 Å². The van der Waals surface area contributed by atoms with Gasteiger partial charge in [-0.25, -0.2) is 4.79 Å². The Balaban J connectivity index is 1.42. The third kappa shape index (κ3) is 3.87. The molecule has 0 aromatic heterocycles. The Kier molecular flexibility index (Phi) is 5.30. The van der Waals surface area contributed by atoms with E-state index in [0.717, 1.165) is 35.5 Å². The normalized spacial score (nSPS) is 19.8. The number of carbonyl (C=O) groups excluding carboxylic acids is 2. The molecule has 6 heteroatoms. The maximum atomic E-state index is 12.7. The lowest BCUT2D eigenvalue weighted by atomic mass is 10.1. The molecule has 1 N–H and O–H groups in total. The molecule has 2 aromatic rings. The van der Waals surface area contributed by atoms with Crippen LogP contribution in [0.4, 0.5) is 16.2 Å². The minimum Gasteiger partial charge on any atom is -0.370 e. The lowest BCUT2D eigenvalue weighted by Gasteiger charge is -2.33. The molecular formula is C22H25N3O3. The average Bonchev–Trinajstić information content (AvgIpc) is 3.14. The molecule has 0 spiro atoms. The fraction of sp³-hybridized carbons (Fsp3) is 0.364. The number of benzene rings is 2. The minimum absolute atomic E-state index is 0.106. The van der Waals surface area contributed by atoms with E-state index in [-0.39, 0.29) is 18.0 Å². The highest BCUT2D eigenvalue weighted by atomic mass is 16.5. The second kappa shape index (κ2) is 8.02. The summed E-state index contributed by atoms with van der Waals surface area (Å²) in [6.45, 7) is 4.34. The Hall–Kier alpha value is -2.86. The van der Waals surface area contributed by atoms with Gasteiger partial charge in [0.2, 0.25) is 5.91 Å². The number of rotatable bonds is 3. The van der Waals surface area contributed by atoms with Crippen molar-refractivity contribution in [2.24, 2.45) is 0 Å². The van der Waals surface area contributed by atoms with E-state index in [0.29, 0.717) is 26.1 Å². The van der Waals surface area contributed by atoms with E-state index in [1.54, 1.807) is 4.90 Å². The van der Waals surface area contributed by atoms with Gasteiger partial charge in [-0.15, -0.1) is 0 Å². The van der Waals surface area contributed by atoms with Crippen LogP contribution in [0.25, 0.3) is 0 Å². The number of nitrogens with zero attached hydrogens (tertiary/aromatic N) is 2. The topological polar surface area (TPSA) is 61.9 Å². The molecule has 4 rings (SSSR count). The Bertz CT molecular complexity index is 869. The van der Waals surface area contributed by atoms with E-state index < -0.39 is 0 Å². The van der Waals surface area contributed by atoms with E-state index in [1.165, 1.54) is 0 Å². The summed E-state index contributed by atoms with van der Waals surface area (Å²) in [5, 5.41) is 2.98. The van der Waals surface area contributed by atoms with Crippen LogP contribution in [0.3, 0.4) is 0 Å². The molecule has 0 saturated carbocycles. The van der Waals surface area contributed by atoms with Crippen molar-refractivity contribution in [3.63, 3.8) is 0 Å². The summed E-state index contributed by atoms with van der Waals surface area (Å²) in [5.74, 6) is 0.167. The Morgan fingerprint density at radius 3 is 2.68 bits per heavy atom. The highest BCUT2D eigenvalue weighted by Crippen LogP contribution is 2.28. The number of carbonyl (C=O) groups is 2. The van der Waals surface area contributed by atoms with Crippen LogP contribution in [0.5, 0.6) is 0 Å². The van der Waals surface area contributed by atoms with Crippen molar-refractivity contribution in [2.45, 2.75) is 25.9 Å². The highest BCUT2D eigenvalue weighted by molar-refractivity contribution is 5.97. The first-order chi connectivity index (χ1) is 13.6. The zero-order valence-corrected chi connectivity index (χ0v) is 16.1. The molecule has 2 heterocycles. The van der Waals surface area contributed by atoms with Crippen LogP contribution < -0.4 is 10.2 Å². The van der Waals surface area contributed by atoms with Crippen LogP contribution in [-0.4, -0.2) is 43.1 Å². The maximum Gasteiger partial charge on any atom is 0.322 e. The molecule has 2 aliphatic heterocycles. The number of ether oxygens (including phenoxy) is 1. The molecule has 2 fully saturated rings.